The van der Waals surface area contributed by atoms with Gasteiger partial charge in [0.1, 0.15) is 10.6 Å². The van der Waals surface area contributed by atoms with Gasteiger partial charge < -0.3 is 9.64 Å². The van der Waals surface area contributed by atoms with Crippen LogP contribution in [0.1, 0.15) is 36.1 Å². The van der Waals surface area contributed by atoms with E-state index in [1.807, 2.05) is 31.7 Å². The predicted octanol–water partition coefficient (Wildman–Crippen LogP) is 5.63. The number of carbonyl (C=O) groups is 1. The topological polar surface area (TPSA) is 42.4 Å². The predicted molar refractivity (Wildman–Crippen MR) is 108 cm³/mol. The molecule has 0 N–H and O–H groups in total. The Labute approximate surface area is 161 Å². The third-order valence-electron chi connectivity index (χ3n) is 4.39. The number of carbonyl (C=O) groups excluding carboxylic acids is 1. The summed E-state index contributed by atoms with van der Waals surface area (Å²) in [5.41, 5.74) is 3.22. The van der Waals surface area contributed by atoms with Gasteiger partial charge in [0.25, 0.3) is 0 Å². The third-order valence-corrected chi connectivity index (χ3v) is 6.58. The normalized spacial score (nSPS) is 14.5. The van der Waals surface area contributed by atoms with Gasteiger partial charge in [-0.05, 0) is 51.8 Å². The molecule has 26 heavy (non-hydrogen) atoms. The fraction of sp³-hybridized carbons (Fsp3) is 0.400. The number of thiazole rings is 1. The van der Waals surface area contributed by atoms with Crippen LogP contribution in [-0.4, -0.2) is 28.1 Å². The number of benzene rings is 1. The zero-order valence-corrected chi connectivity index (χ0v) is 17.1. The first kappa shape index (κ1) is 17.5. The molecule has 0 atom stereocenters. The summed E-state index contributed by atoms with van der Waals surface area (Å²) >= 11 is 3.53. The average molecular weight is 387 g/mol. The Morgan fingerprint density at radius 1 is 1.23 bits per heavy atom. The number of nitrogens with zero attached hydrogens (tertiary/aromatic N) is 2. The molecule has 0 aliphatic carbocycles. The van der Waals surface area contributed by atoms with Crippen LogP contribution in [-0.2, 0) is 17.7 Å². The molecule has 2 aromatic heterocycles. The Bertz CT molecular complexity index is 949. The summed E-state index contributed by atoms with van der Waals surface area (Å²) in [6.07, 6.45) is 0.625. The molecule has 1 aliphatic heterocycles. The highest BCUT2D eigenvalue weighted by Crippen LogP contribution is 2.42. The molecule has 6 heteroatoms. The average Bonchev–Trinajstić information content (AvgIpc) is 3.11. The van der Waals surface area contributed by atoms with Crippen molar-refractivity contribution in [2.75, 3.05) is 6.54 Å². The molecule has 1 aromatic carbocycles. The number of ether oxygens (including phenoxy) is 1. The number of thiophene rings is 1. The van der Waals surface area contributed by atoms with E-state index in [9.17, 15) is 4.79 Å². The Morgan fingerprint density at radius 3 is 2.73 bits per heavy atom. The molecular weight excluding hydrogens is 364 g/mol. The zero-order chi connectivity index (χ0) is 18.5. The smallest absolute Gasteiger partial charge is 0.410 e. The fourth-order valence-corrected chi connectivity index (χ4v) is 5.68. The lowest BCUT2D eigenvalue weighted by molar-refractivity contribution is 0.0227. The quantitative estimate of drug-likeness (QED) is 0.544. The molecule has 3 heterocycles. The summed E-state index contributed by atoms with van der Waals surface area (Å²) in [7, 11) is 0. The van der Waals surface area contributed by atoms with Crippen molar-refractivity contribution in [2.24, 2.45) is 0 Å². The number of aromatic nitrogens is 1. The van der Waals surface area contributed by atoms with Crippen molar-refractivity contribution in [1.29, 1.82) is 0 Å². The first-order valence-electron chi connectivity index (χ1n) is 8.77. The zero-order valence-electron chi connectivity index (χ0n) is 15.5. The molecule has 0 radical (unpaired) electrons. The van der Waals surface area contributed by atoms with E-state index < -0.39 is 5.60 Å². The van der Waals surface area contributed by atoms with Gasteiger partial charge in [-0.15, -0.1) is 22.7 Å². The van der Waals surface area contributed by atoms with Gasteiger partial charge in [0.2, 0.25) is 0 Å². The highest BCUT2D eigenvalue weighted by Gasteiger charge is 2.29. The van der Waals surface area contributed by atoms with E-state index in [0.717, 1.165) is 16.9 Å². The van der Waals surface area contributed by atoms with Crippen molar-refractivity contribution < 1.29 is 9.53 Å². The van der Waals surface area contributed by atoms with E-state index in [-0.39, 0.29) is 6.09 Å². The van der Waals surface area contributed by atoms with Crippen molar-refractivity contribution in [3.63, 3.8) is 0 Å². The van der Waals surface area contributed by atoms with Gasteiger partial charge >= 0.3 is 6.09 Å². The molecule has 0 bridgehead atoms. The molecule has 1 amide bonds. The first-order valence-corrected chi connectivity index (χ1v) is 10.4. The van der Waals surface area contributed by atoms with Crippen LogP contribution in [0, 0.1) is 6.92 Å². The fourth-order valence-electron chi connectivity index (χ4n) is 3.28. The minimum atomic E-state index is -0.463. The second-order valence-corrected chi connectivity index (χ2v) is 9.91. The molecule has 4 nitrogen and oxygen atoms in total. The van der Waals surface area contributed by atoms with E-state index in [1.54, 1.807) is 22.7 Å². The van der Waals surface area contributed by atoms with Gasteiger partial charge in [0, 0.05) is 21.9 Å². The molecule has 0 unspecified atom stereocenters. The largest absolute Gasteiger partial charge is 0.444 e. The Kier molecular flexibility index (Phi) is 4.28. The molecule has 136 valence electrons. The lowest BCUT2D eigenvalue weighted by atomic mass is 10.0. The lowest BCUT2D eigenvalue weighted by Crippen LogP contribution is -2.39. The molecular formula is C20H22N2O2S2. The second kappa shape index (κ2) is 6.35. The molecule has 0 fully saturated rings. The van der Waals surface area contributed by atoms with Crippen LogP contribution in [0.4, 0.5) is 4.79 Å². The molecule has 1 aliphatic rings. The highest BCUT2D eigenvalue weighted by atomic mass is 32.1. The van der Waals surface area contributed by atoms with Crippen LogP contribution in [0.15, 0.2) is 24.3 Å². The number of rotatable bonds is 1. The molecule has 3 aromatic rings. The van der Waals surface area contributed by atoms with Crippen LogP contribution in [0.2, 0.25) is 0 Å². The lowest BCUT2D eigenvalue weighted by Gasteiger charge is -2.30. The molecule has 0 saturated carbocycles. The number of amides is 1. The maximum atomic E-state index is 12.4. The van der Waals surface area contributed by atoms with Crippen LogP contribution in [0.3, 0.4) is 0 Å². The Hall–Kier alpha value is -1.92. The van der Waals surface area contributed by atoms with Gasteiger partial charge in [-0.1, -0.05) is 12.1 Å². The van der Waals surface area contributed by atoms with E-state index in [2.05, 4.69) is 25.1 Å². The van der Waals surface area contributed by atoms with Gasteiger partial charge in [-0.2, -0.15) is 0 Å². The van der Waals surface area contributed by atoms with Crippen molar-refractivity contribution in [3.8, 4) is 10.6 Å². The van der Waals surface area contributed by atoms with Crippen molar-refractivity contribution in [1.82, 2.24) is 9.88 Å². The highest BCUT2D eigenvalue weighted by molar-refractivity contribution is 7.22. The number of hydrogen-bond donors (Lipinski definition) is 0. The summed E-state index contributed by atoms with van der Waals surface area (Å²) < 4.78 is 6.75. The Balaban J connectivity index is 1.65. The first-order chi connectivity index (χ1) is 12.3. The summed E-state index contributed by atoms with van der Waals surface area (Å²) in [4.78, 5) is 21.6. The van der Waals surface area contributed by atoms with Gasteiger partial charge in [-0.25, -0.2) is 9.78 Å². The number of para-hydroxylation sites is 1. The molecule has 0 spiro atoms. The van der Waals surface area contributed by atoms with E-state index >= 15 is 0 Å². The van der Waals surface area contributed by atoms with Gasteiger partial charge in [0.15, 0.2) is 0 Å². The SMILES string of the molecule is Cc1sc2c(c1-c1nc3ccccc3s1)CCN(C(=O)OC(C)(C)C)C2. The van der Waals surface area contributed by atoms with E-state index in [4.69, 9.17) is 9.72 Å². The van der Waals surface area contributed by atoms with Crippen LogP contribution >= 0.6 is 22.7 Å². The van der Waals surface area contributed by atoms with Crippen molar-refractivity contribution in [3.05, 3.63) is 39.6 Å². The van der Waals surface area contributed by atoms with Crippen molar-refractivity contribution in [2.45, 2.75) is 46.3 Å². The third kappa shape index (κ3) is 3.23. The van der Waals surface area contributed by atoms with Crippen molar-refractivity contribution >= 4 is 39.0 Å². The number of fused-ring (bicyclic) bond motifs is 2. The maximum Gasteiger partial charge on any atom is 0.410 e. The standard InChI is InChI=1S/C20H22N2O2S2/c1-12-17(18-21-14-7-5-6-8-15(14)26-18)13-9-10-22(11-16(13)25-12)19(23)24-20(2,3)4/h5-8H,9-11H2,1-4H3. The minimum absolute atomic E-state index is 0.226. The second-order valence-electron chi connectivity index (χ2n) is 7.57. The van der Waals surface area contributed by atoms with E-state index in [0.29, 0.717) is 13.1 Å². The Morgan fingerprint density at radius 2 is 2.00 bits per heavy atom. The van der Waals surface area contributed by atoms with E-state index in [1.165, 1.54) is 25.6 Å². The summed E-state index contributed by atoms with van der Waals surface area (Å²) in [6.45, 7) is 9.18. The molecule has 0 saturated heterocycles. The summed E-state index contributed by atoms with van der Waals surface area (Å²) in [6, 6.07) is 8.27. The summed E-state index contributed by atoms with van der Waals surface area (Å²) in [5, 5.41) is 1.09. The number of aryl methyl sites for hydroxylation is 1. The monoisotopic (exact) mass is 386 g/mol. The van der Waals surface area contributed by atoms with Crippen LogP contribution in [0.25, 0.3) is 20.8 Å². The number of hydrogen-bond acceptors (Lipinski definition) is 5. The van der Waals surface area contributed by atoms with Gasteiger partial charge in [-0.3, -0.25) is 0 Å². The van der Waals surface area contributed by atoms with Crippen LogP contribution < -0.4 is 0 Å². The summed E-state index contributed by atoms with van der Waals surface area (Å²) in [5.74, 6) is 0. The van der Waals surface area contributed by atoms with Gasteiger partial charge in [0.05, 0.1) is 16.8 Å². The molecule has 4 rings (SSSR count). The minimum Gasteiger partial charge on any atom is -0.444 e. The van der Waals surface area contributed by atoms with Crippen LogP contribution in [0.5, 0.6) is 0 Å². The maximum absolute atomic E-state index is 12.4.